The van der Waals surface area contributed by atoms with Gasteiger partial charge in [0, 0.05) is 24.4 Å². The largest absolute Gasteiger partial charge is 0.368 e. The van der Waals surface area contributed by atoms with Crippen molar-refractivity contribution in [3.63, 3.8) is 0 Å². The lowest BCUT2D eigenvalue weighted by molar-refractivity contribution is -0.123. The third-order valence-electron chi connectivity index (χ3n) is 3.11. The van der Waals surface area contributed by atoms with Crippen LogP contribution in [0, 0.1) is 0 Å². The number of piperidine rings is 1. The van der Waals surface area contributed by atoms with Gasteiger partial charge in [-0.15, -0.1) is 0 Å². The van der Waals surface area contributed by atoms with E-state index in [0.717, 1.165) is 12.8 Å². The summed E-state index contributed by atoms with van der Waals surface area (Å²) in [6.45, 7) is 0.499. The Kier molecular flexibility index (Phi) is 3.45. The van der Waals surface area contributed by atoms with Crippen LogP contribution in [0.15, 0.2) is 23.1 Å². The minimum Gasteiger partial charge on any atom is -0.368 e. The van der Waals surface area contributed by atoms with E-state index >= 15 is 0 Å². The number of aromatic amines is 1. The van der Waals surface area contributed by atoms with Crippen molar-refractivity contribution in [2.75, 3.05) is 6.54 Å². The molecule has 1 unspecified atom stereocenters. The monoisotopic (exact) mass is 249 g/mol. The maximum Gasteiger partial charge on any atom is 0.254 e. The molecule has 0 aromatic carbocycles. The molecular formula is C12H15N3O3. The highest BCUT2D eigenvalue weighted by atomic mass is 16.2. The van der Waals surface area contributed by atoms with E-state index in [1.807, 2.05) is 0 Å². The molecule has 0 bridgehead atoms. The normalized spacial score (nSPS) is 19.6. The van der Waals surface area contributed by atoms with Gasteiger partial charge in [0.15, 0.2) is 0 Å². The topological polar surface area (TPSA) is 96.3 Å². The summed E-state index contributed by atoms with van der Waals surface area (Å²) in [5.74, 6) is -0.808. The van der Waals surface area contributed by atoms with Crippen LogP contribution in [-0.4, -0.2) is 34.3 Å². The van der Waals surface area contributed by atoms with E-state index in [1.165, 1.54) is 23.2 Å². The zero-order valence-corrected chi connectivity index (χ0v) is 9.89. The summed E-state index contributed by atoms with van der Waals surface area (Å²) in [5.41, 5.74) is 5.25. The molecule has 0 saturated carbocycles. The van der Waals surface area contributed by atoms with Gasteiger partial charge in [-0.3, -0.25) is 14.4 Å². The third kappa shape index (κ3) is 2.42. The van der Waals surface area contributed by atoms with Crippen LogP contribution in [0.5, 0.6) is 0 Å². The van der Waals surface area contributed by atoms with Gasteiger partial charge in [-0.1, -0.05) is 0 Å². The second-order valence-corrected chi connectivity index (χ2v) is 4.35. The predicted octanol–water partition coefficient (Wildman–Crippen LogP) is -0.145. The molecule has 6 heteroatoms. The van der Waals surface area contributed by atoms with Crippen LogP contribution >= 0.6 is 0 Å². The molecule has 3 N–H and O–H groups in total. The van der Waals surface area contributed by atoms with Crippen LogP contribution in [0.1, 0.15) is 29.6 Å². The van der Waals surface area contributed by atoms with Crippen molar-refractivity contribution in [1.82, 2.24) is 9.88 Å². The number of hydrogen-bond acceptors (Lipinski definition) is 3. The fraction of sp³-hybridized carbons (Fsp3) is 0.417. The van der Waals surface area contributed by atoms with Crippen LogP contribution in [-0.2, 0) is 4.79 Å². The van der Waals surface area contributed by atoms with Gasteiger partial charge in [-0.2, -0.15) is 0 Å². The minimum absolute atomic E-state index is 0.284. The molecule has 6 nitrogen and oxygen atoms in total. The number of amides is 2. The molecule has 1 saturated heterocycles. The van der Waals surface area contributed by atoms with E-state index in [-0.39, 0.29) is 17.0 Å². The lowest BCUT2D eigenvalue weighted by atomic mass is 10.0. The smallest absolute Gasteiger partial charge is 0.254 e. The van der Waals surface area contributed by atoms with E-state index in [0.29, 0.717) is 13.0 Å². The predicted molar refractivity (Wildman–Crippen MR) is 64.9 cm³/mol. The maximum atomic E-state index is 12.2. The van der Waals surface area contributed by atoms with Gasteiger partial charge in [0.05, 0.1) is 0 Å². The van der Waals surface area contributed by atoms with Gasteiger partial charge in [0.2, 0.25) is 11.5 Å². The molecule has 1 aliphatic heterocycles. The summed E-state index contributed by atoms with van der Waals surface area (Å²) < 4.78 is 0. The van der Waals surface area contributed by atoms with Gasteiger partial charge < -0.3 is 15.6 Å². The van der Waals surface area contributed by atoms with Crippen LogP contribution in [0.3, 0.4) is 0 Å². The van der Waals surface area contributed by atoms with Crippen molar-refractivity contribution in [2.45, 2.75) is 25.3 Å². The molecule has 1 aromatic heterocycles. The van der Waals surface area contributed by atoms with Crippen LogP contribution in [0.25, 0.3) is 0 Å². The third-order valence-corrected chi connectivity index (χ3v) is 3.11. The average Bonchev–Trinajstić information content (AvgIpc) is 2.38. The number of nitrogens with two attached hydrogens (primary N) is 1. The lowest BCUT2D eigenvalue weighted by Crippen LogP contribution is -2.50. The highest BCUT2D eigenvalue weighted by Gasteiger charge is 2.31. The molecule has 1 aliphatic rings. The first-order valence-corrected chi connectivity index (χ1v) is 5.88. The fourth-order valence-electron chi connectivity index (χ4n) is 2.21. The van der Waals surface area contributed by atoms with Gasteiger partial charge in [0.25, 0.3) is 5.91 Å². The van der Waals surface area contributed by atoms with Crippen molar-refractivity contribution >= 4 is 11.8 Å². The van der Waals surface area contributed by atoms with Crippen LogP contribution in [0.4, 0.5) is 0 Å². The van der Waals surface area contributed by atoms with Crippen molar-refractivity contribution in [3.05, 3.63) is 34.2 Å². The highest BCUT2D eigenvalue weighted by Crippen LogP contribution is 2.18. The zero-order valence-electron chi connectivity index (χ0n) is 9.89. The second-order valence-electron chi connectivity index (χ2n) is 4.35. The number of primary amides is 1. The highest BCUT2D eigenvalue weighted by molar-refractivity contribution is 5.97. The SMILES string of the molecule is NC(=O)C1CCCCN1C(=O)c1cc[nH]c(=O)c1. The second kappa shape index (κ2) is 5.03. The Bertz CT molecular complexity index is 523. The number of H-pyrrole nitrogens is 1. The molecule has 96 valence electrons. The summed E-state index contributed by atoms with van der Waals surface area (Å²) in [4.78, 5) is 38.6. The maximum absolute atomic E-state index is 12.2. The first-order valence-electron chi connectivity index (χ1n) is 5.88. The molecule has 1 aromatic rings. The van der Waals surface area contributed by atoms with Crippen molar-refractivity contribution in [2.24, 2.45) is 5.73 Å². The number of aromatic nitrogens is 1. The number of hydrogen-bond donors (Lipinski definition) is 2. The van der Waals surface area contributed by atoms with Crippen LogP contribution in [0.2, 0.25) is 0 Å². The summed E-state index contributed by atoms with van der Waals surface area (Å²) in [6, 6.07) is 2.19. The number of likely N-dealkylation sites (tertiary alicyclic amines) is 1. The standard InChI is InChI=1S/C12H15N3O3/c13-11(17)9-3-1-2-6-15(9)12(18)8-4-5-14-10(16)7-8/h4-5,7,9H,1-3,6H2,(H2,13,17)(H,14,16). The Morgan fingerprint density at radius 2 is 2.17 bits per heavy atom. The van der Waals surface area contributed by atoms with Gasteiger partial charge in [-0.25, -0.2) is 0 Å². The Hall–Kier alpha value is -2.11. The Labute approximate surface area is 104 Å². The first-order chi connectivity index (χ1) is 8.59. The minimum atomic E-state index is -0.564. The lowest BCUT2D eigenvalue weighted by Gasteiger charge is -2.33. The fourth-order valence-corrected chi connectivity index (χ4v) is 2.21. The average molecular weight is 249 g/mol. The van der Waals surface area contributed by atoms with E-state index in [1.54, 1.807) is 0 Å². The number of carbonyl (C=O) groups is 2. The number of rotatable bonds is 2. The van der Waals surface area contributed by atoms with Crippen molar-refractivity contribution in [1.29, 1.82) is 0 Å². The molecule has 2 amide bonds. The number of carbonyl (C=O) groups excluding carboxylic acids is 2. The van der Waals surface area contributed by atoms with E-state index in [4.69, 9.17) is 5.73 Å². The molecule has 0 spiro atoms. The van der Waals surface area contributed by atoms with Gasteiger partial charge in [-0.05, 0) is 25.3 Å². The Morgan fingerprint density at radius 3 is 2.83 bits per heavy atom. The van der Waals surface area contributed by atoms with Gasteiger partial charge >= 0.3 is 0 Å². The molecule has 1 fully saturated rings. The molecule has 2 rings (SSSR count). The first kappa shape index (κ1) is 12.3. The molecule has 18 heavy (non-hydrogen) atoms. The number of pyridine rings is 1. The summed E-state index contributed by atoms with van der Waals surface area (Å²) in [5, 5.41) is 0. The van der Waals surface area contributed by atoms with Crippen LogP contribution < -0.4 is 11.3 Å². The molecular weight excluding hydrogens is 234 g/mol. The summed E-state index contributed by atoms with van der Waals surface area (Å²) >= 11 is 0. The molecule has 1 atom stereocenters. The zero-order chi connectivity index (χ0) is 13.1. The van der Waals surface area contributed by atoms with Gasteiger partial charge in [0.1, 0.15) is 6.04 Å². The molecule has 0 aliphatic carbocycles. The quantitative estimate of drug-likeness (QED) is 0.763. The molecule has 0 radical (unpaired) electrons. The van der Waals surface area contributed by atoms with E-state index < -0.39 is 11.9 Å². The Morgan fingerprint density at radius 1 is 1.39 bits per heavy atom. The van der Waals surface area contributed by atoms with Crippen molar-refractivity contribution in [3.8, 4) is 0 Å². The number of nitrogens with one attached hydrogen (secondary N) is 1. The Balaban J connectivity index is 2.26. The summed E-state index contributed by atoms with van der Waals surface area (Å²) in [7, 11) is 0. The summed E-state index contributed by atoms with van der Waals surface area (Å²) in [6.07, 6.45) is 3.73. The van der Waals surface area contributed by atoms with E-state index in [9.17, 15) is 14.4 Å². The van der Waals surface area contributed by atoms with Crippen molar-refractivity contribution < 1.29 is 9.59 Å². The number of nitrogens with zero attached hydrogens (tertiary/aromatic N) is 1. The molecule has 2 heterocycles. The van der Waals surface area contributed by atoms with E-state index in [2.05, 4.69) is 4.98 Å².